The highest BCUT2D eigenvalue weighted by atomic mass is 79.9. The molecule has 2 aliphatic rings. The van der Waals surface area contributed by atoms with Gasteiger partial charge in [0, 0.05) is 17.5 Å². The molecule has 3 aromatic carbocycles. The first-order chi connectivity index (χ1) is 29.4. The molecule has 1 aliphatic carbocycles. The lowest BCUT2D eigenvalue weighted by Crippen LogP contribution is -2.47. The van der Waals surface area contributed by atoms with Crippen LogP contribution in [0, 0.1) is 43.7 Å². The van der Waals surface area contributed by atoms with E-state index in [-0.39, 0.29) is 11.6 Å². The van der Waals surface area contributed by atoms with E-state index in [4.69, 9.17) is 9.31 Å². The number of hydrogen-bond acceptors (Lipinski definition) is 11. The van der Waals surface area contributed by atoms with E-state index in [1.54, 1.807) is 61.3 Å². The highest BCUT2D eigenvalue weighted by Gasteiger charge is 2.52. The first-order valence-corrected chi connectivity index (χ1v) is 22.2. The van der Waals surface area contributed by atoms with Gasteiger partial charge in [-0.05, 0) is 154 Å². The zero-order valence-corrected chi connectivity index (χ0v) is 41.0. The van der Waals surface area contributed by atoms with E-state index in [1.165, 1.54) is 43.0 Å². The van der Waals surface area contributed by atoms with E-state index in [9.17, 15) is 14.0 Å². The van der Waals surface area contributed by atoms with Gasteiger partial charge < -0.3 is 19.9 Å². The van der Waals surface area contributed by atoms with Gasteiger partial charge in [0.1, 0.15) is 48.2 Å². The molecule has 1 saturated carbocycles. The van der Waals surface area contributed by atoms with Crippen LogP contribution < -0.4 is 16.1 Å². The number of aromatic amines is 1. The monoisotopic (exact) mass is 1040 g/mol. The molecule has 0 bridgehead atoms. The van der Waals surface area contributed by atoms with E-state index >= 15 is 0 Å². The van der Waals surface area contributed by atoms with Crippen LogP contribution in [0.4, 0.5) is 8.78 Å². The number of aryl methyl sites for hydroxylation is 3. The largest absolute Gasteiger partial charge is 0.496 e. The molecule has 1 saturated heterocycles. The zero-order valence-electron chi connectivity index (χ0n) is 36.2. The van der Waals surface area contributed by atoms with E-state index in [2.05, 4.69) is 114 Å². The minimum absolute atomic E-state index is 0.252. The average molecular weight is 1050 g/mol. The van der Waals surface area contributed by atoms with Crippen LogP contribution in [-0.4, -0.2) is 89.2 Å². The van der Waals surface area contributed by atoms with Crippen LogP contribution in [0.2, 0.25) is 0 Å². The maximum Gasteiger partial charge on any atom is 0.496 e. The zero-order chi connectivity index (χ0) is 45.6. The molecule has 3 N–H and O–H groups in total. The molecule has 0 spiro atoms. The van der Waals surface area contributed by atoms with Gasteiger partial charge in [-0.15, -0.1) is 0 Å². The maximum absolute atomic E-state index is 13.6. The van der Waals surface area contributed by atoms with Crippen molar-refractivity contribution in [2.24, 2.45) is 0 Å². The van der Waals surface area contributed by atoms with Crippen LogP contribution in [0.1, 0.15) is 76.4 Å². The van der Waals surface area contributed by atoms with Crippen molar-refractivity contribution in [2.45, 2.75) is 97.4 Å². The molecule has 6 aromatic rings. The van der Waals surface area contributed by atoms with Crippen molar-refractivity contribution in [2.75, 3.05) is 14.1 Å². The van der Waals surface area contributed by atoms with Crippen molar-refractivity contribution in [3.63, 3.8) is 0 Å². The molecule has 2 atom stereocenters. The Hall–Kier alpha value is -4.23. The Bertz CT molecular complexity index is 2320. The number of aromatic nitrogens is 9. The SMILES string of the molecule is CN[C@@H]1CCCC[C@H]1NC.Cc1ncn(-c2cccc(B3OC(C)(C)C(C)(C)O3)c2C#N)n1.Cc1ncn(-c2cccc(Br)c2F)n1.Cc1ncn[nH]1.Fc1c(Br)cccc1Br. The van der Waals surface area contributed by atoms with Crippen LogP contribution in [0.25, 0.3) is 11.4 Å². The van der Waals surface area contributed by atoms with Crippen molar-refractivity contribution in [1.82, 2.24) is 55.3 Å². The van der Waals surface area contributed by atoms with Gasteiger partial charge in [0.15, 0.2) is 11.6 Å². The number of nitrogens with one attached hydrogen (secondary N) is 3. The Kier molecular flexibility index (Phi) is 19.1. The van der Waals surface area contributed by atoms with Gasteiger partial charge in [0.25, 0.3) is 0 Å². The molecule has 330 valence electrons. The molecule has 0 radical (unpaired) electrons. The topological polar surface area (TPSA) is 169 Å². The molecule has 20 heteroatoms. The predicted molar refractivity (Wildman–Crippen MR) is 247 cm³/mol. The number of likely N-dealkylation sites (N-methyl/N-ethyl adjacent to an activating group) is 2. The fourth-order valence-electron chi connectivity index (χ4n) is 6.20. The van der Waals surface area contributed by atoms with Crippen molar-refractivity contribution < 1.29 is 18.1 Å². The summed E-state index contributed by atoms with van der Waals surface area (Å²) in [5, 5.41) is 30.9. The third-order valence-corrected chi connectivity index (χ3v) is 12.1. The number of rotatable bonds is 5. The lowest BCUT2D eigenvalue weighted by atomic mass is 9.75. The van der Waals surface area contributed by atoms with Crippen molar-refractivity contribution in [3.05, 3.63) is 122 Å². The molecule has 0 unspecified atom stereocenters. The summed E-state index contributed by atoms with van der Waals surface area (Å²) in [6.07, 6.45) is 10.0. The maximum atomic E-state index is 13.6. The Morgan fingerprint density at radius 2 is 1.21 bits per heavy atom. The van der Waals surface area contributed by atoms with Gasteiger partial charge in [-0.25, -0.2) is 33.1 Å². The van der Waals surface area contributed by atoms with Gasteiger partial charge >= 0.3 is 7.12 Å². The highest BCUT2D eigenvalue weighted by molar-refractivity contribution is 9.11. The third-order valence-electron chi connectivity index (χ3n) is 10.3. The molecular weight excluding hydrogens is 993 g/mol. The second-order valence-electron chi connectivity index (χ2n) is 15.2. The van der Waals surface area contributed by atoms with Crippen molar-refractivity contribution in [1.29, 1.82) is 5.26 Å². The molecule has 4 heterocycles. The van der Waals surface area contributed by atoms with Crippen LogP contribution in [-0.2, 0) is 9.31 Å². The molecule has 8 rings (SSSR count). The first-order valence-electron chi connectivity index (χ1n) is 19.8. The van der Waals surface area contributed by atoms with Crippen molar-refractivity contribution in [3.8, 4) is 17.4 Å². The summed E-state index contributed by atoms with van der Waals surface area (Å²) in [4.78, 5) is 11.8. The van der Waals surface area contributed by atoms with Gasteiger partial charge in [0.05, 0.1) is 35.9 Å². The van der Waals surface area contributed by atoms with Crippen molar-refractivity contribution >= 4 is 60.4 Å². The first kappa shape index (κ1) is 50.4. The summed E-state index contributed by atoms with van der Waals surface area (Å²) in [7, 11) is 3.53. The Morgan fingerprint density at radius 3 is 1.61 bits per heavy atom. The lowest BCUT2D eigenvalue weighted by Gasteiger charge is -2.32. The number of hydrogen-bond donors (Lipinski definition) is 3. The number of halogens is 5. The minimum atomic E-state index is -0.584. The predicted octanol–water partition coefficient (Wildman–Crippen LogP) is 8.42. The fraction of sp³-hybridized carbons (Fsp3) is 0.405. The fourth-order valence-corrected chi connectivity index (χ4v) is 7.55. The molecular formula is C42H52BBr3F2N12O2. The summed E-state index contributed by atoms with van der Waals surface area (Å²) in [5.74, 6) is 1.53. The van der Waals surface area contributed by atoms with Crippen LogP contribution in [0.15, 0.2) is 87.0 Å². The van der Waals surface area contributed by atoms with Gasteiger partial charge in [-0.3, -0.25) is 5.10 Å². The van der Waals surface area contributed by atoms with E-state index < -0.39 is 18.3 Å². The average Bonchev–Trinajstić information content (AvgIpc) is 4.06. The van der Waals surface area contributed by atoms with Gasteiger partial charge in [0.2, 0.25) is 0 Å². The number of nitriles is 1. The lowest BCUT2D eigenvalue weighted by molar-refractivity contribution is 0.00578. The molecule has 3 aromatic heterocycles. The molecule has 1 aliphatic heterocycles. The summed E-state index contributed by atoms with van der Waals surface area (Å²) < 4.78 is 42.7. The van der Waals surface area contributed by atoms with Gasteiger partial charge in [-0.2, -0.15) is 20.6 Å². The number of nitrogens with zero attached hydrogens (tertiary/aromatic N) is 9. The Labute approximate surface area is 387 Å². The van der Waals surface area contributed by atoms with Crippen LogP contribution >= 0.6 is 47.8 Å². The smallest absolute Gasteiger partial charge is 0.399 e. The second kappa shape index (κ2) is 23.5. The summed E-state index contributed by atoms with van der Waals surface area (Å²) >= 11 is 9.20. The van der Waals surface area contributed by atoms with E-state index in [1.807, 2.05) is 52.8 Å². The summed E-state index contributed by atoms with van der Waals surface area (Å²) in [5.41, 5.74) is 1.34. The molecule has 2 fully saturated rings. The number of H-pyrrole nitrogens is 1. The Balaban J connectivity index is 0.000000185. The molecule has 62 heavy (non-hydrogen) atoms. The van der Waals surface area contributed by atoms with E-state index in [0.717, 1.165) is 5.82 Å². The Morgan fingerprint density at radius 1 is 0.742 bits per heavy atom. The summed E-state index contributed by atoms with van der Waals surface area (Å²) in [6.45, 7) is 13.4. The van der Waals surface area contributed by atoms with E-state index in [0.29, 0.717) is 59.6 Å². The minimum Gasteiger partial charge on any atom is -0.399 e. The third kappa shape index (κ3) is 13.6. The van der Waals surface area contributed by atoms with Crippen LogP contribution in [0.5, 0.6) is 0 Å². The number of benzene rings is 3. The summed E-state index contributed by atoms with van der Waals surface area (Å²) in [6, 6.07) is 19.3. The standard InChI is InChI=1S/C16H19BN4O2.C9H7BrFN3.C8H18N2.C6H3Br2F.C3H5N3/c1-11-19-10-21(20-11)14-8-6-7-13(12(14)9-18)17-22-15(2,3)16(4,5)23-17;1-6-12-5-14(13-6)8-4-2-3-7(10)9(8)11;1-9-7-5-3-4-6-8(7)10-2;7-4-2-1-3-5(8)6(4)9;1-3-4-2-5-6-3/h6-8,10H,1-5H3;2-5H,1H3;7-10H,3-6H2,1-2H3;1-3H;2H,1H3,(H,4,5,6)/t;;7-,8-;;/m..1../s1. The van der Waals surface area contributed by atoms with Crippen LogP contribution in [0.3, 0.4) is 0 Å². The molecule has 14 nitrogen and oxygen atoms in total. The second-order valence-corrected chi connectivity index (χ2v) is 17.7. The quantitative estimate of drug-likeness (QED) is 0.112. The molecule has 0 amide bonds. The van der Waals surface area contributed by atoms with Gasteiger partial charge in [-0.1, -0.05) is 37.1 Å². The highest BCUT2D eigenvalue weighted by Crippen LogP contribution is 2.37. The normalized spacial score (nSPS) is 17.1.